The Bertz CT molecular complexity index is 885. The van der Waals surface area contributed by atoms with E-state index in [9.17, 15) is 4.79 Å². The predicted octanol–water partition coefficient (Wildman–Crippen LogP) is 2.04. The van der Waals surface area contributed by atoms with Crippen LogP contribution in [0.4, 0.5) is 0 Å². The molecule has 1 atom stereocenters. The lowest BCUT2D eigenvalue weighted by atomic mass is 9.83. The van der Waals surface area contributed by atoms with Gasteiger partial charge in [0.15, 0.2) is 0 Å². The standard InChI is InChI=1S/C20H28N6O2/c1-13(26-16(4)22-15(3)24-26)11-18(27)25-8-6-20(7-9-25)19-17(5-10-28-20)12-21-14(2)23-19/h12-13H,5-11H2,1-4H3/t13-/m1/s1. The molecule has 0 aromatic carbocycles. The molecule has 0 aliphatic carbocycles. The Labute approximate surface area is 165 Å². The lowest BCUT2D eigenvalue weighted by Crippen LogP contribution is -2.49. The van der Waals surface area contributed by atoms with Crippen LogP contribution in [0, 0.1) is 20.8 Å². The maximum Gasteiger partial charge on any atom is 0.224 e. The Morgan fingerprint density at radius 3 is 2.64 bits per heavy atom. The maximum atomic E-state index is 12.9. The van der Waals surface area contributed by atoms with Gasteiger partial charge >= 0.3 is 0 Å². The summed E-state index contributed by atoms with van der Waals surface area (Å²) in [7, 11) is 0. The summed E-state index contributed by atoms with van der Waals surface area (Å²) in [5.41, 5.74) is 1.84. The second-order valence-corrected chi connectivity index (χ2v) is 7.97. The second-order valence-electron chi connectivity index (χ2n) is 7.97. The minimum absolute atomic E-state index is 0.00775. The Balaban J connectivity index is 1.43. The van der Waals surface area contributed by atoms with Crippen molar-refractivity contribution in [1.29, 1.82) is 0 Å². The van der Waals surface area contributed by atoms with Gasteiger partial charge in [-0.2, -0.15) is 5.10 Å². The Morgan fingerprint density at radius 1 is 1.21 bits per heavy atom. The average molecular weight is 384 g/mol. The Morgan fingerprint density at radius 2 is 1.96 bits per heavy atom. The molecule has 8 heteroatoms. The molecule has 4 rings (SSSR count). The van der Waals surface area contributed by atoms with Crippen LogP contribution in [-0.4, -0.2) is 55.2 Å². The molecule has 8 nitrogen and oxygen atoms in total. The average Bonchev–Trinajstić information content (AvgIpc) is 3.01. The number of piperidine rings is 1. The molecule has 2 aromatic rings. The minimum atomic E-state index is -0.372. The van der Waals surface area contributed by atoms with Gasteiger partial charge in [0.25, 0.3) is 0 Å². The summed E-state index contributed by atoms with van der Waals surface area (Å²) in [5, 5.41) is 4.41. The zero-order chi connectivity index (χ0) is 19.9. The topological polar surface area (TPSA) is 86.0 Å². The first-order valence-electron chi connectivity index (χ1n) is 10.0. The molecule has 1 amide bonds. The molecule has 150 valence electrons. The quantitative estimate of drug-likeness (QED) is 0.805. The van der Waals surface area contributed by atoms with Crippen molar-refractivity contribution < 1.29 is 9.53 Å². The molecule has 0 bridgehead atoms. The van der Waals surface area contributed by atoms with E-state index in [4.69, 9.17) is 9.72 Å². The van der Waals surface area contributed by atoms with E-state index in [-0.39, 0.29) is 17.6 Å². The van der Waals surface area contributed by atoms with Crippen LogP contribution in [-0.2, 0) is 21.6 Å². The molecule has 1 spiro atoms. The molecule has 4 heterocycles. The summed E-state index contributed by atoms with van der Waals surface area (Å²) in [6.07, 6.45) is 4.77. The molecule has 1 saturated heterocycles. The fourth-order valence-electron chi connectivity index (χ4n) is 4.42. The van der Waals surface area contributed by atoms with Crippen LogP contribution < -0.4 is 0 Å². The van der Waals surface area contributed by atoms with Crippen LogP contribution in [0.5, 0.6) is 0 Å². The number of amides is 1. The zero-order valence-corrected chi connectivity index (χ0v) is 17.1. The van der Waals surface area contributed by atoms with Gasteiger partial charge in [0.2, 0.25) is 5.91 Å². The van der Waals surface area contributed by atoms with Crippen molar-refractivity contribution in [2.45, 2.75) is 65.0 Å². The van der Waals surface area contributed by atoms with Crippen LogP contribution in [0.3, 0.4) is 0 Å². The third kappa shape index (κ3) is 3.41. The molecular weight excluding hydrogens is 356 g/mol. The summed E-state index contributed by atoms with van der Waals surface area (Å²) in [5.74, 6) is 2.51. The van der Waals surface area contributed by atoms with Gasteiger partial charge in [0, 0.05) is 25.7 Å². The molecule has 2 aliphatic heterocycles. The normalized spacial score (nSPS) is 19.5. The molecule has 28 heavy (non-hydrogen) atoms. The van der Waals surface area contributed by atoms with Gasteiger partial charge < -0.3 is 9.64 Å². The fourth-order valence-corrected chi connectivity index (χ4v) is 4.42. The molecule has 1 fully saturated rings. The van der Waals surface area contributed by atoms with E-state index >= 15 is 0 Å². The lowest BCUT2D eigenvalue weighted by Gasteiger charge is -2.44. The van der Waals surface area contributed by atoms with Gasteiger partial charge in [-0.1, -0.05) is 0 Å². The second kappa shape index (κ2) is 7.24. The van der Waals surface area contributed by atoms with Crippen LogP contribution >= 0.6 is 0 Å². The zero-order valence-electron chi connectivity index (χ0n) is 17.1. The minimum Gasteiger partial charge on any atom is -0.368 e. The molecule has 2 aromatic heterocycles. The third-order valence-electron chi connectivity index (χ3n) is 5.89. The van der Waals surface area contributed by atoms with Gasteiger partial charge in [0.05, 0.1) is 18.3 Å². The smallest absolute Gasteiger partial charge is 0.224 e. The summed E-state index contributed by atoms with van der Waals surface area (Å²) in [4.78, 5) is 28.2. The van der Waals surface area contributed by atoms with Crippen molar-refractivity contribution in [3.05, 3.63) is 34.9 Å². The van der Waals surface area contributed by atoms with E-state index < -0.39 is 0 Å². The number of ether oxygens (including phenoxy) is 1. The summed E-state index contributed by atoms with van der Waals surface area (Å²) < 4.78 is 8.08. The number of likely N-dealkylation sites (tertiary alicyclic amines) is 1. The lowest BCUT2D eigenvalue weighted by molar-refractivity contribution is -0.142. The number of carbonyl (C=O) groups is 1. The number of hydrogen-bond acceptors (Lipinski definition) is 6. The van der Waals surface area contributed by atoms with Crippen LogP contribution in [0.15, 0.2) is 6.20 Å². The van der Waals surface area contributed by atoms with Crippen molar-refractivity contribution in [3.63, 3.8) is 0 Å². The molecular formula is C20H28N6O2. The van der Waals surface area contributed by atoms with E-state index in [1.165, 1.54) is 5.56 Å². The van der Waals surface area contributed by atoms with Crippen molar-refractivity contribution in [2.75, 3.05) is 19.7 Å². The highest BCUT2D eigenvalue weighted by Crippen LogP contribution is 2.40. The number of aryl methyl sites for hydroxylation is 3. The highest BCUT2D eigenvalue weighted by Gasteiger charge is 2.43. The highest BCUT2D eigenvalue weighted by atomic mass is 16.5. The van der Waals surface area contributed by atoms with Crippen LogP contribution in [0.2, 0.25) is 0 Å². The molecule has 0 saturated carbocycles. The van der Waals surface area contributed by atoms with Gasteiger partial charge in [-0.25, -0.2) is 19.6 Å². The highest BCUT2D eigenvalue weighted by molar-refractivity contribution is 5.76. The summed E-state index contributed by atoms with van der Waals surface area (Å²) in [6, 6.07) is -0.00775. The van der Waals surface area contributed by atoms with Gasteiger partial charge in [-0.05, 0) is 52.5 Å². The van der Waals surface area contributed by atoms with Crippen molar-refractivity contribution in [3.8, 4) is 0 Å². The monoisotopic (exact) mass is 384 g/mol. The largest absolute Gasteiger partial charge is 0.368 e. The Kier molecular flexibility index (Phi) is 4.91. The fraction of sp³-hybridized carbons (Fsp3) is 0.650. The molecule has 0 radical (unpaired) electrons. The van der Waals surface area contributed by atoms with E-state index in [1.54, 1.807) is 0 Å². The maximum absolute atomic E-state index is 12.9. The van der Waals surface area contributed by atoms with Crippen LogP contribution in [0.1, 0.15) is 61.0 Å². The number of carbonyl (C=O) groups excluding carboxylic acids is 1. The van der Waals surface area contributed by atoms with Crippen LogP contribution in [0.25, 0.3) is 0 Å². The number of aromatic nitrogens is 5. The van der Waals surface area contributed by atoms with E-state index in [0.29, 0.717) is 26.1 Å². The number of hydrogen-bond donors (Lipinski definition) is 0. The van der Waals surface area contributed by atoms with Crippen molar-refractivity contribution in [1.82, 2.24) is 29.6 Å². The van der Waals surface area contributed by atoms with E-state index in [1.807, 2.05) is 43.5 Å². The Hall–Kier alpha value is -2.35. The first kappa shape index (κ1) is 19.0. The third-order valence-corrected chi connectivity index (χ3v) is 5.89. The molecule has 2 aliphatic rings. The SMILES string of the molecule is Cc1ncc2c(n1)C1(CCN(C(=O)C[C@@H](C)n3nc(C)nc3C)CC1)OCC2. The van der Waals surface area contributed by atoms with Gasteiger partial charge in [0.1, 0.15) is 23.1 Å². The summed E-state index contributed by atoms with van der Waals surface area (Å²) in [6.45, 7) is 9.78. The first-order valence-corrected chi connectivity index (χ1v) is 10.0. The number of fused-ring (bicyclic) bond motifs is 2. The molecule has 0 unspecified atom stereocenters. The van der Waals surface area contributed by atoms with Crippen molar-refractivity contribution in [2.24, 2.45) is 0 Å². The van der Waals surface area contributed by atoms with E-state index in [0.717, 1.165) is 42.4 Å². The van der Waals surface area contributed by atoms with E-state index in [2.05, 4.69) is 15.1 Å². The number of rotatable bonds is 3. The molecule has 0 N–H and O–H groups in total. The first-order chi connectivity index (χ1) is 13.4. The van der Waals surface area contributed by atoms with Gasteiger partial charge in [-0.3, -0.25) is 4.79 Å². The van der Waals surface area contributed by atoms with Crippen molar-refractivity contribution >= 4 is 5.91 Å². The number of nitrogens with zero attached hydrogens (tertiary/aromatic N) is 6. The predicted molar refractivity (Wildman–Crippen MR) is 103 cm³/mol. The van der Waals surface area contributed by atoms with Gasteiger partial charge in [-0.15, -0.1) is 0 Å². The summed E-state index contributed by atoms with van der Waals surface area (Å²) >= 11 is 0.